The molecule has 4 heteroatoms. The van der Waals surface area contributed by atoms with Crippen molar-refractivity contribution < 1.29 is 9.59 Å². The molecular weight excluding hydrogens is 252 g/mol. The molecule has 1 aromatic rings. The topological polar surface area (TPSA) is 49.4 Å². The van der Waals surface area contributed by atoms with Crippen LogP contribution in [-0.4, -0.2) is 29.8 Å². The smallest absolute Gasteiger partial charge is 0.253 e. The number of carbonyl (C=O) groups is 2. The Balaban J connectivity index is 2.68. The quantitative estimate of drug-likeness (QED) is 0.810. The highest BCUT2D eigenvalue weighted by molar-refractivity contribution is 5.94. The Labute approximate surface area is 120 Å². The zero-order valence-electron chi connectivity index (χ0n) is 12.3. The van der Waals surface area contributed by atoms with Gasteiger partial charge in [-0.3, -0.25) is 9.59 Å². The van der Waals surface area contributed by atoms with Gasteiger partial charge in [-0.2, -0.15) is 0 Å². The molecule has 1 rings (SSSR count). The van der Waals surface area contributed by atoms with Crippen LogP contribution in [0.15, 0.2) is 36.9 Å². The fourth-order valence-electron chi connectivity index (χ4n) is 1.70. The first-order valence-electron chi connectivity index (χ1n) is 6.76. The zero-order valence-corrected chi connectivity index (χ0v) is 12.3. The Kier molecular flexibility index (Phi) is 5.97. The number of amides is 2. The van der Waals surface area contributed by atoms with E-state index in [-0.39, 0.29) is 17.9 Å². The van der Waals surface area contributed by atoms with Crippen LogP contribution in [0.3, 0.4) is 0 Å². The van der Waals surface area contributed by atoms with Gasteiger partial charge in [0, 0.05) is 25.2 Å². The highest BCUT2D eigenvalue weighted by atomic mass is 16.2. The first-order valence-corrected chi connectivity index (χ1v) is 6.76. The van der Waals surface area contributed by atoms with Crippen LogP contribution in [-0.2, 0) is 11.3 Å². The number of hydrogen-bond acceptors (Lipinski definition) is 2. The van der Waals surface area contributed by atoms with Gasteiger partial charge in [0.25, 0.3) is 5.91 Å². The second kappa shape index (κ2) is 7.48. The molecule has 0 saturated carbocycles. The summed E-state index contributed by atoms with van der Waals surface area (Å²) in [6, 6.07) is 7.49. The molecule has 2 amide bonds. The van der Waals surface area contributed by atoms with Crippen molar-refractivity contribution in [1.82, 2.24) is 10.2 Å². The second-order valence-electron chi connectivity index (χ2n) is 4.79. The zero-order chi connectivity index (χ0) is 15.1. The van der Waals surface area contributed by atoms with Gasteiger partial charge >= 0.3 is 0 Å². The fourth-order valence-corrected chi connectivity index (χ4v) is 1.70. The third-order valence-corrected chi connectivity index (χ3v) is 3.43. The van der Waals surface area contributed by atoms with Gasteiger partial charge in [0.05, 0.1) is 0 Å². The molecule has 0 aliphatic carbocycles. The summed E-state index contributed by atoms with van der Waals surface area (Å²) in [4.78, 5) is 25.0. The minimum atomic E-state index is -0.207. The Hall–Kier alpha value is -2.10. The van der Waals surface area contributed by atoms with Crippen LogP contribution in [0.4, 0.5) is 0 Å². The van der Waals surface area contributed by atoms with E-state index in [2.05, 4.69) is 18.8 Å². The number of nitrogens with zero attached hydrogens (tertiary/aromatic N) is 1. The maximum atomic E-state index is 12.2. The Morgan fingerprint density at radius 3 is 2.45 bits per heavy atom. The Morgan fingerprint density at radius 1 is 1.35 bits per heavy atom. The Bertz CT molecular complexity index is 480. The van der Waals surface area contributed by atoms with Crippen LogP contribution in [0.5, 0.6) is 0 Å². The predicted molar refractivity (Wildman–Crippen MR) is 80.3 cm³/mol. The van der Waals surface area contributed by atoms with E-state index in [0.717, 1.165) is 12.0 Å². The van der Waals surface area contributed by atoms with Gasteiger partial charge in [-0.05, 0) is 37.1 Å². The van der Waals surface area contributed by atoms with E-state index in [1.54, 1.807) is 17.0 Å². The van der Waals surface area contributed by atoms with E-state index in [0.29, 0.717) is 12.1 Å². The van der Waals surface area contributed by atoms with Crippen molar-refractivity contribution in [2.45, 2.75) is 32.9 Å². The summed E-state index contributed by atoms with van der Waals surface area (Å²) in [5.74, 6) is -0.192. The van der Waals surface area contributed by atoms with Crippen LogP contribution in [0.25, 0.3) is 0 Å². The normalized spacial score (nSPS) is 11.6. The van der Waals surface area contributed by atoms with Crippen LogP contribution in [0, 0.1) is 0 Å². The molecule has 0 heterocycles. The molecule has 4 nitrogen and oxygen atoms in total. The van der Waals surface area contributed by atoms with E-state index >= 15 is 0 Å². The molecule has 0 aliphatic heterocycles. The molecule has 108 valence electrons. The van der Waals surface area contributed by atoms with E-state index in [1.165, 1.54) is 6.08 Å². The molecule has 0 spiro atoms. The van der Waals surface area contributed by atoms with Crippen LogP contribution >= 0.6 is 0 Å². The van der Waals surface area contributed by atoms with E-state index in [1.807, 2.05) is 26.1 Å². The summed E-state index contributed by atoms with van der Waals surface area (Å²) in [6.07, 6.45) is 2.16. The average Bonchev–Trinajstić information content (AvgIpc) is 2.50. The maximum Gasteiger partial charge on any atom is 0.253 e. The highest BCUT2D eigenvalue weighted by Gasteiger charge is 2.15. The number of hydrogen-bond donors (Lipinski definition) is 1. The minimum Gasteiger partial charge on any atom is -0.348 e. The molecule has 0 aromatic heterocycles. The first-order chi connectivity index (χ1) is 9.49. The largest absolute Gasteiger partial charge is 0.348 e. The third kappa shape index (κ3) is 4.23. The van der Waals surface area contributed by atoms with Crippen molar-refractivity contribution in [2.24, 2.45) is 0 Å². The molecular formula is C16H22N2O2. The highest BCUT2D eigenvalue weighted by Crippen LogP contribution is 2.10. The number of rotatable bonds is 6. The van der Waals surface area contributed by atoms with Crippen molar-refractivity contribution >= 4 is 11.8 Å². The molecule has 1 aromatic carbocycles. The Morgan fingerprint density at radius 2 is 1.95 bits per heavy atom. The summed E-state index contributed by atoms with van der Waals surface area (Å²) >= 11 is 0. The standard InChI is InChI=1S/C16H22N2O2/c1-5-12(3)18(4)16(20)14-9-7-13(8-10-14)11-17-15(19)6-2/h6-10,12H,2,5,11H2,1,3-4H3,(H,17,19). The molecule has 0 aliphatic rings. The fraction of sp³-hybridized carbons (Fsp3) is 0.375. The second-order valence-corrected chi connectivity index (χ2v) is 4.79. The van der Waals surface area contributed by atoms with E-state index in [4.69, 9.17) is 0 Å². The lowest BCUT2D eigenvalue weighted by atomic mass is 10.1. The molecule has 1 N–H and O–H groups in total. The van der Waals surface area contributed by atoms with Crippen molar-refractivity contribution in [3.8, 4) is 0 Å². The van der Waals surface area contributed by atoms with E-state index in [9.17, 15) is 9.59 Å². The number of carbonyl (C=O) groups excluding carboxylic acids is 2. The summed E-state index contributed by atoms with van der Waals surface area (Å²) in [5.41, 5.74) is 1.61. The summed E-state index contributed by atoms with van der Waals surface area (Å²) < 4.78 is 0. The van der Waals surface area contributed by atoms with Crippen molar-refractivity contribution in [2.75, 3.05) is 7.05 Å². The van der Waals surface area contributed by atoms with Gasteiger partial charge in [-0.15, -0.1) is 0 Å². The molecule has 1 unspecified atom stereocenters. The lowest BCUT2D eigenvalue weighted by Gasteiger charge is -2.23. The molecule has 0 fully saturated rings. The monoisotopic (exact) mass is 274 g/mol. The molecule has 1 atom stereocenters. The van der Waals surface area contributed by atoms with Crippen LogP contribution in [0.2, 0.25) is 0 Å². The molecule has 0 saturated heterocycles. The van der Waals surface area contributed by atoms with Crippen molar-refractivity contribution in [3.05, 3.63) is 48.0 Å². The lowest BCUT2D eigenvalue weighted by Crippen LogP contribution is -2.34. The minimum absolute atomic E-state index is 0.0148. The molecule has 20 heavy (non-hydrogen) atoms. The first kappa shape index (κ1) is 16.0. The number of benzene rings is 1. The predicted octanol–water partition coefficient (Wildman–Crippen LogP) is 2.36. The lowest BCUT2D eigenvalue weighted by molar-refractivity contribution is -0.116. The summed E-state index contributed by atoms with van der Waals surface area (Å²) in [5, 5.41) is 2.70. The maximum absolute atomic E-state index is 12.2. The SMILES string of the molecule is C=CC(=O)NCc1ccc(C(=O)N(C)C(C)CC)cc1. The van der Waals surface area contributed by atoms with Gasteiger partial charge in [-0.1, -0.05) is 25.6 Å². The van der Waals surface area contributed by atoms with Crippen LogP contribution in [0.1, 0.15) is 36.2 Å². The summed E-state index contributed by atoms with van der Waals surface area (Å²) in [7, 11) is 1.81. The molecule has 0 bridgehead atoms. The summed E-state index contributed by atoms with van der Waals surface area (Å²) in [6.45, 7) is 7.90. The average molecular weight is 274 g/mol. The van der Waals surface area contributed by atoms with Gasteiger partial charge < -0.3 is 10.2 Å². The van der Waals surface area contributed by atoms with Gasteiger partial charge in [0.1, 0.15) is 0 Å². The van der Waals surface area contributed by atoms with Gasteiger partial charge in [0.2, 0.25) is 5.91 Å². The van der Waals surface area contributed by atoms with Crippen molar-refractivity contribution in [3.63, 3.8) is 0 Å². The van der Waals surface area contributed by atoms with Crippen molar-refractivity contribution in [1.29, 1.82) is 0 Å². The van der Waals surface area contributed by atoms with Gasteiger partial charge in [-0.25, -0.2) is 0 Å². The number of nitrogens with one attached hydrogen (secondary N) is 1. The third-order valence-electron chi connectivity index (χ3n) is 3.43. The van der Waals surface area contributed by atoms with Crippen LogP contribution < -0.4 is 5.32 Å². The van der Waals surface area contributed by atoms with Gasteiger partial charge in [0.15, 0.2) is 0 Å². The van der Waals surface area contributed by atoms with E-state index < -0.39 is 0 Å². The molecule has 0 radical (unpaired) electrons.